The van der Waals surface area contributed by atoms with Crippen LogP contribution < -0.4 is 5.32 Å². The Morgan fingerprint density at radius 3 is 2.87 bits per heavy atom. The quantitative estimate of drug-likeness (QED) is 0.871. The number of rotatable bonds is 2. The molecular weight excluding hydrogens is 234 g/mol. The van der Waals surface area contributed by atoms with Crippen LogP contribution in [-0.2, 0) is 0 Å². The van der Waals surface area contributed by atoms with Crippen molar-refractivity contribution in [1.29, 1.82) is 0 Å². The molecule has 1 fully saturated rings. The molecule has 0 aliphatic carbocycles. The van der Waals surface area contributed by atoms with Crippen molar-refractivity contribution >= 4 is 29.3 Å². The molecule has 5 heteroatoms. The molecule has 0 spiro atoms. The van der Waals surface area contributed by atoms with Gasteiger partial charge in [-0.2, -0.15) is 11.8 Å². The Morgan fingerprint density at radius 1 is 1.53 bits per heavy atom. The van der Waals surface area contributed by atoms with E-state index in [0.29, 0.717) is 5.56 Å². The Balaban J connectivity index is 1.94. The number of hydrogen-bond acceptors (Lipinski definition) is 3. The van der Waals surface area contributed by atoms with Crippen LogP contribution in [0.1, 0.15) is 23.2 Å². The van der Waals surface area contributed by atoms with Crippen LogP contribution >= 0.6 is 23.4 Å². The van der Waals surface area contributed by atoms with Crippen LogP contribution in [0.25, 0.3) is 0 Å². The van der Waals surface area contributed by atoms with E-state index in [2.05, 4.69) is 5.32 Å². The van der Waals surface area contributed by atoms with Crippen molar-refractivity contribution in [3.63, 3.8) is 0 Å². The zero-order valence-corrected chi connectivity index (χ0v) is 9.74. The minimum absolute atomic E-state index is 0.134. The predicted octanol–water partition coefficient (Wildman–Crippen LogP) is 2.56. The van der Waals surface area contributed by atoms with Crippen LogP contribution in [0.2, 0.25) is 5.22 Å². The number of hydrogen-bond donors (Lipinski definition) is 1. The predicted molar refractivity (Wildman–Crippen MR) is 61.5 cm³/mol. The van der Waals surface area contributed by atoms with Crippen molar-refractivity contribution in [1.82, 2.24) is 5.32 Å². The van der Waals surface area contributed by atoms with E-state index in [0.717, 1.165) is 24.3 Å². The first-order valence-corrected chi connectivity index (χ1v) is 6.42. The largest absolute Gasteiger partial charge is 0.452 e. The lowest BCUT2D eigenvalue weighted by atomic mass is 10.1. The number of carbonyl (C=O) groups is 1. The Bertz CT molecular complexity index is 347. The molecule has 1 aromatic rings. The summed E-state index contributed by atoms with van der Waals surface area (Å²) in [5.41, 5.74) is 0.426. The fourth-order valence-corrected chi connectivity index (χ4v) is 2.87. The molecule has 0 aromatic carbocycles. The molecule has 2 rings (SSSR count). The first-order chi connectivity index (χ1) is 7.27. The molecular formula is C10H12ClNO2S. The lowest BCUT2D eigenvalue weighted by Crippen LogP contribution is -2.37. The van der Waals surface area contributed by atoms with E-state index < -0.39 is 0 Å². The monoisotopic (exact) mass is 245 g/mol. The van der Waals surface area contributed by atoms with Gasteiger partial charge in [-0.15, -0.1) is 0 Å². The first kappa shape index (κ1) is 10.9. The summed E-state index contributed by atoms with van der Waals surface area (Å²) >= 11 is 7.65. The van der Waals surface area contributed by atoms with Gasteiger partial charge in [0.05, 0.1) is 11.8 Å². The van der Waals surface area contributed by atoms with E-state index in [9.17, 15) is 4.79 Å². The van der Waals surface area contributed by atoms with Gasteiger partial charge in [0.2, 0.25) is 5.22 Å². The molecule has 0 bridgehead atoms. The Hall–Kier alpha value is -0.610. The van der Waals surface area contributed by atoms with Gasteiger partial charge in [0.1, 0.15) is 0 Å². The smallest absolute Gasteiger partial charge is 0.256 e. The van der Waals surface area contributed by atoms with Crippen molar-refractivity contribution in [3.05, 3.63) is 23.1 Å². The van der Waals surface area contributed by atoms with E-state index in [-0.39, 0.29) is 17.2 Å². The molecule has 0 atom stereocenters. The van der Waals surface area contributed by atoms with Crippen LogP contribution in [0.4, 0.5) is 0 Å². The zero-order chi connectivity index (χ0) is 10.7. The van der Waals surface area contributed by atoms with Gasteiger partial charge in [-0.1, -0.05) is 0 Å². The van der Waals surface area contributed by atoms with E-state index in [4.69, 9.17) is 16.0 Å². The summed E-state index contributed by atoms with van der Waals surface area (Å²) in [6.45, 7) is 0. The normalized spacial score (nSPS) is 17.7. The topological polar surface area (TPSA) is 42.2 Å². The van der Waals surface area contributed by atoms with Crippen molar-refractivity contribution in [2.75, 3.05) is 11.5 Å². The van der Waals surface area contributed by atoms with Gasteiger partial charge in [0.25, 0.3) is 5.91 Å². The van der Waals surface area contributed by atoms with Gasteiger partial charge in [-0.05, 0) is 42.0 Å². The number of nitrogens with one attached hydrogen (secondary N) is 1. The average Bonchev–Trinajstić information content (AvgIpc) is 2.66. The molecule has 15 heavy (non-hydrogen) atoms. The fourth-order valence-electron chi connectivity index (χ4n) is 1.56. The maximum atomic E-state index is 11.7. The van der Waals surface area contributed by atoms with Crippen LogP contribution in [-0.4, -0.2) is 23.5 Å². The number of amides is 1. The molecule has 1 aliphatic rings. The summed E-state index contributed by atoms with van der Waals surface area (Å²) in [5.74, 6) is 2.10. The summed E-state index contributed by atoms with van der Waals surface area (Å²) in [5, 5.41) is 3.13. The maximum absolute atomic E-state index is 11.7. The van der Waals surface area contributed by atoms with Crippen LogP contribution in [0.3, 0.4) is 0 Å². The zero-order valence-electron chi connectivity index (χ0n) is 8.16. The molecule has 0 unspecified atom stereocenters. The molecule has 82 valence electrons. The molecule has 1 aliphatic heterocycles. The molecule has 0 saturated carbocycles. The third-order valence-electron chi connectivity index (χ3n) is 2.42. The molecule has 0 radical (unpaired) electrons. The second-order valence-corrected chi connectivity index (χ2v) is 5.04. The van der Waals surface area contributed by atoms with E-state index in [1.807, 2.05) is 11.8 Å². The summed E-state index contributed by atoms with van der Waals surface area (Å²) < 4.78 is 4.88. The summed E-state index contributed by atoms with van der Waals surface area (Å²) in [4.78, 5) is 11.7. The Morgan fingerprint density at radius 2 is 2.27 bits per heavy atom. The fraction of sp³-hybridized carbons (Fsp3) is 0.500. The van der Waals surface area contributed by atoms with Crippen molar-refractivity contribution in [2.24, 2.45) is 0 Å². The molecule has 1 amide bonds. The Labute approximate surface area is 97.5 Å². The van der Waals surface area contributed by atoms with Gasteiger partial charge in [0, 0.05) is 6.04 Å². The van der Waals surface area contributed by atoms with Gasteiger partial charge in [0.15, 0.2) is 0 Å². The summed E-state index contributed by atoms with van der Waals surface area (Å²) in [7, 11) is 0. The van der Waals surface area contributed by atoms with Crippen LogP contribution in [0.5, 0.6) is 0 Å². The average molecular weight is 246 g/mol. The number of thioether (sulfide) groups is 1. The third kappa shape index (κ3) is 2.69. The molecule has 3 nitrogen and oxygen atoms in total. The van der Waals surface area contributed by atoms with Gasteiger partial charge in [-0.25, -0.2) is 0 Å². The highest BCUT2D eigenvalue weighted by Crippen LogP contribution is 2.19. The highest BCUT2D eigenvalue weighted by Gasteiger charge is 2.19. The summed E-state index contributed by atoms with van der Waals surface area (Å²) in [6, 6.07) is 1.87. The molecule has 1 aromatic heterocycles. The standard InChI is InChI=1S/C10H12ClNO2S/c11-9-8(1-4-14-9)10(13)12-7-2-5-15-6-3-7/h1,4,7H,2-3,5-6H2,(H,12,13). The molecule has 2 heterocycles. The van der Waals surface area contributed by atoms with E-state index >= 15 is 0 Å². The van der Waals surface area contributed by atoms with Gasteiger partial charge < -0.3 is 9.73 Å². The second-order valence-electron chi connectivity index (χ2n) is 3.47. The SMILES string of the molecule is O=C(NC1CCSCC1)c1ccoc1Cl. The Kier molecular flexibility index (Phi) is 3.59. The number of halogens is 1. The second kappa shape index (κ2) is 4.94. The minimum Gasteiger partial charge on any atom is -0.452 e. The lowest BCUT2D eigenvalue weighted by molar-refractivity contribution is 0.0934. The lowest BCUT2D eigenvalue weighted by Gasteiger charge is -2.22. The highest BCUT2D eigenvalue weighted by atomic mass is 35.5. The highest BCUT2D eigenvalue weighted by molar-refractivity contribution is 7.99. The van der Waals surface area contributed by atoms with Crippen LogP contribution in [0.15, 0.2) is 16.7 Å². The van der Waals surface area contributed by atoms with Crippen molar-refractivity contribution in [2.45, 2.75) is 18.9 Å². The summed E-state index contributed by atoms with van der Waals surface area (Å²) in [6.07, 6.45) is 3.49. The molecule has 1 saturated heterocycles. The van der Waals surface area contributed by atoms with Gasteiger partial charge in [-0.3, -0.25) is 4.79 Å². The van der Waals surface area contributed by atoms with Crippen molar-refractivity contribution in [3.8, 4) is 0 Å². The van der Waals surface area contributed by atoms with Crippen LogP contribution in [0, 0.1) is 0 Å². The van der Waals surface area contributed by atoms with Crippen molar-refractivity contribution < 1.29 is 9.21 Å². The minimum atomic E-state index is -0.134. The maximum Gasteiger partial charge on any atom is 0.256 e. The van der Waals surface area contributed by atoms with E-state index in [1.54, 1.807) is 6.07 Å². The first-order valence-electron chi connectivity index (χ1n) is 4.89. The third-order valence-corrected chi connectivity index (χ3v) is 3.76. The van der Waals surface area contributed by atoms with E-state index in [1.165, 1.54) is 6.26 Å². The number of furan rings is 1. The molecule has 1 N–H and O–H groups in total. The number of carbonyl (C=O) groups excluding carboxylic acids is 1. The van der Waals surface area contributed by atoms with Gasteiger partial charge >= 0.3 is 0 Å².